The Kier molecular flexibility index (Phi) is 4.32. The van der Waals surface area contributed by atoms with Gasteiger partial charge in [0.25, 0.3) is 0 Å². The quantitative estimate of drug-likeness (QED) is 0.927. The number of likely N-dealkylation sites (tertiary alicyclic amines) is 1. The molecule has 0 atom stereocenters. The molecule has 122 valence electrons. The maximum Gasteiger partial charge on any atom is 0.224 e. The Hall–Kier alpha value is -2.37. The van der Waals surface area contributed by atoms with Crippen molar-refractivity contribution >= 4 is 22.7 Å². The molecule has 3 rings (SSSR count). The average Bonchev–Trinajstić information content (AvgIpc) is 2.94. The van der Waals surface area contributed by atoms with Crippen LogP contribution in [-0.2, 0) is 16.1 Å². The first-order valence-electron chi connectivity index (χ1n) is 8.04. The SMILES string of the molecule is Cc1ccc2c(cnn2CCC(=O)N2CCC(C(N)=O)CC2)c1. The van der Waals surface area contributed by atoms with Gasteiger partial charge in [-0.1, -0.05) is 11.6 Å². The van der Waals surface area contributed by atoms with Crippen molar-refractivity contribution < 1.29 is 9.59 Å². The van der Waals surface area contributed by atoms with Crippen LogP contribution in [-0.4, -0.2) is 39.6 Å². The topological polar surface area (TPSA) is 81.2 Å². The van der Waals surface area contributed by atoms with Crippen LogP contribution < -0.4 is 5.73 Å². The summed E-state index contributed by atoms with van der Waals surface area (Å²) in [6.07, 6.45) is 3.60. The van der Waals surface area contributed by atoms with Crippen LogP contribution in [0.25, 0.3) is 10.9 Å². The number of nitrogens with two attached hydrogens (primary N) is 1. The van der Waals surface area contributed by atoms with Gasteiger partial charge in [0.05, 0.1) is 18.3 Å². The number of hydrogen-bond acceptors (Lipinski definition) is 3. The van der Waals surface area contributed by atoms with Crippen molar-refractivity contribution in [2.75, 3.05) is 13.1 Å². The maximum absolute atomic E-state index is 12.3. The Labute approximate surface area is 135 Å². The molecule has 2 heterocycles. The van der Waals surface area contributed by atoms with Crippen molar-refractivity contribution in [2.24, 2.45) is 11.7 Å². The summed E-state index contributed by atoms with van der Waals surface area (Å²) >= 11 is 0. The molecular weight excluding hydrogens is 292 g/mol. The third-order valence-electron chi connectivity index (χ3n) is 4.58. The first-order valence-corrected chi connectivity index (χ1v) is 8.04. The Bertz CT molecular complexity index is 729. The summed E-state index contributed by atoms with van der Waals surface area (Å²) in [6, 6.07) is 6.19. The third kappa shape index (κ3) is 3.36. The molecule has 1 fully saturated rings. The molecule has 1 aromatic heterocycles. The van der Waals surface area contributed by atoms with E-state index >= 15 is 0 Å². The van der Waals surface area contributed by atoms with Gasteiger partial charge in [-0.2, -0.15) is 5.10 Å². The van der Waals surface area contributed by atoms with Gasteiger partial charge in [0, 0.05) is 30.8 Å². The molecule has 0 aliphatic carbocycles. The van der Waals surface area contributed by atoms with Crippen LogP contribution in [0.1, 0.15) is 24.8 Å². The van der Waals surface area contributed by atoms with Gasteiger partial charge in [0.1, 0.15) is 0 Å². The Balaban J connectivity index is 1.57. The van der Waals surface area contributed by atoms with Crippen LogP contribution in [0.3, 0.4) is 0 Å². The lowest BCUT2D eigenvalue weighted by atomic mass is 9.96. The van der Waals surface area contributed by atoms with Crippen LogP contribution in [0, 0.1) is 12.8 Å². The van der Waals surface area contributed by atoms with Crippen LogP contribution in [0.2, 0.25) is 0 Å². The molecule has 6 heteroatoms. The lowest BCUT2D eigenvalue weighted by Crippen LogP contribution is -2.41. The fraction of sp³-hybridized carbons (Fsp3) is 0.471. The minimum Gasteiger partial charge on any atom is -0.369 e. The number of fused-ring (bicyclic) bond motifs is 1. The Morgan fingerprint density at radius 3 is 2.74 bits per heavy atom. The van der Waals surface area contributed by atoms with E-state index in [0.717, 1.165) is 10.9 Å². The number of piperidine rings is 1. The lowest BCUT2D eigenvalue weighted by molar-refractivity contribution is -0.135. The van der Waals surface area contributed by atoms with E-state index in [1.807, 2.05) is 21.8 Å². The summed E-state index contributed by atoms with van der Waals surface area (Å²) in [5.41, 5.74) is 7.57. The summed E-state index contributed by atoms with van der Waals surface area (Å²) < 4.78 is 1.88. The van der Waals surface area contributed by atoms with Gasteiger partial charge in [0.15, 0.2) is 0 Å². The molecule has 23 heavy (non-hydrogen) atoms. The van der Waals surface area contributed by atoms with Crippen LogP contribution in [0.15, 0.2) is 24.4 Å². The minimum absolute atomic E-state index is 0.0858. The van der Waals surface area contributed by atoms with Gasteiger partial charge in [-0.3, -0.25) is 14.3 Å². The molecule has 1 aliphatic heterocycles. The standard InChI is InChI=1S/C17H22N4O2/c1-12-2-3-15-14(10-12)11-19-21(15)9-6-16(22)20-7-4-13(5-8-20)17(18)23/h2-3,10-11,13H,4-9H2,1H3,(H2,18,23). The van der Waals surface area contributed by atoms with Crippen molar-refractivity contribution in [2.45, 2.75) is 32.7 Å². The van der Waals surface area contributed by atoms with E-state index in [9.17, 15) is 9.59 Å². The molecule has 1 saturated heterocycles. The van der Waals surface area contributed by atoms with Gasteiger partial charge in [-0.25, -0.2) is 0 Å². The molecule has 2 aromatic rings. The molecule has 0 spiro atoms. The summed E-state index contributed by atoms with van der Waals surface area (Å²) in [7, 11) is 0. The number of rotatable bonds is 4. The van der Waals surface area contributed by atoms with E-state index in [4.69, 9.17) is 5.73 Å². The number of primary amides is 1. The van der Waals surface area contributed by atoms with E-state index < -0.39 is 0 Å². The van der Waals surface area contributed by atoms with Gasteiger partial charge in [-0.05, 0) is 31.9 Å². The average molecular weight is 314 g/mol. The minimum atomic E-state index is -0.254. The van der Waals surface area contributed by atoms with Crippen LogP contribution in [0.5, 0.6) is 0 Å². The van der Waals surface area contributed by atoms with E-state index in [-0.39, 0.29) is 17.7 Å². The number of hydrogen-bond donors (Lipinski definition) is 1. The van der Waals surface area contributed by atoms with Gasteiger partial charge in [-0.15, -0.1) is 0 Å². The number of amides is 2. The second-order valence-electron chi connectivity index (χ2n) is 6.24. The fourth-order valence-electron chi connectivity index (χ4n) is 3.16. The van der Waals surface area contributed by atoms with Gasteiger partial charge in [0.2, 0.25) is 11.8 Å². The normalized spacial score (nSPS) is 16.0. The maximum atomic E-state index is 12.3. The molecule has 2 N–H and O–H groups in total. The number of carbonyl (C=O) groups excluding carboxylic acids is 2. The number of aromatic nitrogens is 2. The molecule has 2 amide bonds. The zero-order valence-corrected chi connectivity index (χ0v) is 13.4. The highest BCUT2D eigenvalue weighted by Crippen LogP contribution is 2.18. The van der Waals surface area contributed by atoms with Crippen LogP contribution >= 0.6 is 0 Å². The fourth-order valence-corrected chi connectivity index (χ4v) is 3.16. The van der Waals surface area contributed by atoms with Crippen molar-refractivity contribution in [3.63, 3.8) is 0 Å². The number of aryl methyl sites for hydroxylation is 2. The number of nitrogens with zero attached hydrogens (tertiary/aromatic N) is 3. The zero-order chi connectivity index (χ0) is 16.4. The Morgan fingerprint density at radius 1 is 1.30 bits per heavy atom. The predicted octanol–water partition coefficient (Wildman–Crippen LogP) is 1.46. The Morgan fingerprint density at radius 2 is 2.04 bits per heavy atom. The smallest absolute Gasteiger partial charge is 0.224 e. The largest absolute Gasteiger partial charge is 0.369 e. The summed E-state index contributed by atoms with van der Waals surface area (Å²) in [4.78, 5) is 25.3. The predicted molar refractivity (Wildman–Crippen MR) is 87.6 cm³/mol. The van der Waals surface area contributed by atoms with E-state index in [0.29, 0.717) is 38.9 Å². The first-order chi connectivity index (χ1) is 11.0. The molecule has 0 saturated carbocycles. The van der Waals surface area contributed by atoms with E-state index in [2.05, 4.69) is 24.2 Å². The second-order valence-corrected chi connectivity index (χ2v) is 6.24. The highest BCUT2D eigenvalue weighted by atomic mass is 16.2. The van der Waals surface area contributed by atoms with Crippen molar-refractivity contribution in [1.82, 2.24) is 14.7 Å². The van der Waals surface area contributed by atoms with Gasteiger partial charge >= 0.3 is 0 Å². The summed E-state index contributed by atoms with van der Waals surface area (Å²) in [5.74, 6) is -0.226. The zero-order valence-electron chi connectivity index (χ0n) is 13.4. The van der Waals surface area contributed by atoms with Crippen molar-refractivity contribution in [3.8, 4) is 0 Å². The second kappa shape index (κ2) is 6.40. The van der Waals surface area contributed by atoms with E-state index in [1.165, 1.54) is 5.56 Å². The van der Waals surface area contributed by atoms with Crippen LogP contribution in [0.4, 0.5) is 0 Å². The monoisotopic (exact) mass is 314 g/mol. The number of carbonyl (C=O) groups is 2. The molecule has 6 nitrogen and oxygen atoms in total. The molecule has 1 aliphatic rings. The molecule has 0 radical (unpaired) electrons. The number of benzene rings is 1. The summed E-state index contributed by atoms with van der Waals surface area (Å²) in [6.45, 7) is 3.86. The van der Waals surface area contributed by atoms with Gasteiger partial charge < -0.3 is 10.6 Å². The molecule has 0 unspecified atom stereocenters. The third-order valence-corrected chi connectivity index (χ3v) is 4.58. The van der Waals surface area contributed by atoms with Crippen molar-refractivity contribution in [1.29, 1.82) is 0 Å². The summed E-state index contributed by atoms with van der Waals surface area (Å²) in [5, 5.41) is 5.47. The molecule has 0 bridgehead atoms. The van der Waals surface area contributed by atoms with Crippen molar-refractivity contribution in [3.05, 3.63) is 30.0 Å². The highest BCUT2D eigenvalue weighted by molar-refractivity contribution is 5.80. The molecule has 1 aromatic carbocycles. The lowest BCUT2D eigenvalue weighted by Gasteiger charge is -2.30. The molecular formula is C17H22N4O2. The highest BCUT2D eigenvalue weighted by Gasteiger charge is 2.25. The van der Waals surface area contributed by atoms with E-state index in [1.54, 1.807) is 0 Å². The first kappa shape index (κ1) is 15.5.